The van der Waals surface area contributed by atoms with Crippen molar-refractivity contribution in [2.75, 3.05) is 0 Å². The smallest absolute Gasteiger partial charge is 0.223 e. The van der Waals surface area contributed by atoms with Gasteiger partial charge in [-0.3, -0.25) is 0 Å². The van der Waals surface area contributed by atoms with Gasteiger partial charge in [-0.25, -0.2) is 4.57 Å². The van der Waals surface area contributed by atoms with Crippen molar-refractivity contribution in [1.29, 1.82) is 0 Å². The molecule has 5 aromatic rings. The van der Waals surface area contributed by atoms with Crippen molar-refractivity contribution < 1.29 is 4.57 Å². The largest absolute Gasteiger partial charge is 0.296 e. The summed E-state index contributed by atoms with van der Waals surface area (Å²) < 4.78 is 5.21. The minimum atomic E-state index is -0.0263. The second-order valence-corrected chi connectivity index (χ2v) is 10.9. The fourth-order valence-corrected chi connectivity index (χ4v) is 6.94. The van der Waals surface area contributed by atoms with Crippen LogP contribution in [0.5, 0.6) is 0 Å². The van der Waals surface area contributed by atoms with E-state index in [9.17, 15) is 0 Å². The third-order valence-electron chi connectivity index (χ3n) is 9.35. The molecule has 6 rings (SSSR count). The predicted octanol–water partition coefficient (Wildman–Crippen LogP) is 7.93. The fourth-order valence-electron chi connectivity index (χ4n) is 6.94. The topological polar surface area (TPSA) is 8.29 Å². The quantitative estimate of drug-likeness (QED) is 0.196. The Morgan fingerprint density at radius 2 is 1.53 bits per heavy atom. The molecule has 2 aromatic heterocycles. The number of benzene rings is 3. The summed E-state index contributed by atoms with van der Waals surface area (Å²) >= 11 is 0. The zero-order chi connectivity index (χ0) is 24.0. The number of aromatic nitrogens is 2. The number of pyridine rings is 1. The third-order valence-corrected chi connectivity index (χ3v) is 9.35. The van der Waals surface area contributed by atoms with Gasteiger partial charge in [0.05, 0.1) is 5.39 Å². The van der Waals surface area contributed by atoms with Gasteiger partial charge in [0.25, 0.3) is 5.65 Å². The van der Waals surface area contributed by atoms with Crippen LogP contribution < -0.4 is 4.57 Å². The van der Waals surface area contributed by atoms with Crippen molar-refractivity contribution in [3.8, 4) is 11.3 Å². The predicted molar refractivity (Wildman–Crippen MR) is 144 cm³/mol. The first-order valence-corrected chi connectivity index (χ1v) is 12.8. The molecule has 0 bridgehead atoms. The highest BCUT2D eigenvalue weighted by Crippen LogP contribution is 2.51. The first kappa shape index (κ1) is 21.4. The number of aryl methyl sites for hydroxylation is 3. The van der Waals surface area contributed by atoms with Gasteiger partial charge in [0.15, 0.2) is 5.69 Å². The van der Waals surface area contributed by atoms with Crippen LogP contribution in [0.4, 0.5) is 0 Å². The van der Waals surface area contributed by atoms with Gasteiger partial charge in [-0.15, -0.1) is 0 Å². The molecule has 172 valence electrons. The number of rotatable bonds is 3. The van der Waals surface area contributed by atoms with Gasteiger partial charge in [0.1, 0.15) is 17.3 Å². The monoisotopic (exact) mass is 447 g/mol. The standard InChI is InChI=1S/C32H35N2/c1-8-31(6)25-15-11-14-23-24-18-20(3)16-17-26(24)34-27(28-21(4)12-10-13-22(28)5)19-33(30(34)29(23)25)32(31,7)9-2/h10-19H,8-9H2,1-7H3/q+1. The SMILES string of the molecule is CCC1(C)c2cccc3c4cc(C)ccc4n4c(-c5c(C)cccc5C)c[n+](c4c23)C1(C)CC. The van der Waals surface area contributed by atoms with Crippen molar-refractivity contribution in [3.05, 3.63) is 83.0 Å². The zero-order valence-corrected chi connectivity index (χ0v) is 21.6. The van der Waals surface area contributed by atoms with Gasteiger partial charge in [0.2, 0.25) is 0 Å². The van der Waals surface area contributed by atoms with Crippen LogP contribution in [-0.2, 0) is 11.0 Å². The lowest BCUT2D eigenvalue weighted by Crippen LogP contribution is -2.65. The van der Waals surface area contributed by atoms with Gasteiger partial charge < -0.3 is 0 Å². The molecule has 2 heteroatoms. The molecule has 0 fully saturated rings. The lowest BCUT2D eigenvalue weighted by Gasteiger charge is -2.46. The first-order valence-electron chi connectivity index (χ1n) is 12.8. The van der Waals surface area contributed by atoms with Crippen LogP contribution in [0.2, 0.25) is 0 Å². The molecular weight excluding hydrogens is 412 g/mol. The Kier molecular flexibility index (Phi) is 4.37. The highest BCUT2D eigenvalue weighted by atomic mass is 15.2. The van der Waals surface area contributed by atoms with Crippen molar-refractivity contribution >= 4 is 27.3 Å². The molecule has 3 heterocycles. The van der Waals surface area contributed by atoms with Crippen LogP contribution in [0.1, 0.15) is 62.8 Å². The average molecular weight is 448 g/mol. The van der Waals surface area contributed by atoms with Gasteiger partial charge in [-0.1, -0.05) is 68.8 Å². The van der Waals surface area contributed by atoms with Gasteiger partial charge >= 0.3 is 0 Å². The number of hydrogen-bond acceptors (Lipinski definition) is 0. The molecule has 0 amide bonds. The lowest BCUT2D eigenvalue weighted by molar-refractivity contribution is -0.750. The van der Waals surface area contributed by atoms with Crippen molar-refractivity contribution in [2.45, 2.75) is 72.3 Å². The maximum Gasteiger partial charge on any atom is 0.296 e. The summed E-state index contributed by atoms with van der Waals surface area (Å²) in [6.07, 6.45) is 4.65. The van der Waals surface area contributed by atoms with E-state index in [2.05, 4.69) is 118 Å². The molecule has 0 saturated heterocycles. The molecule has 0 radical (unpaired) electrons. The maximum atomic E-state index is 2.65. The second kappa shape index (κ2) is 6.95. The van der Waals surface area contributed by atoms with E-state index in [1.807, 2.05) is 0 Å². The van der Waals surface area contributed by atoms with E-state index in [1.54, 1.807) is 0 Å². The van der Waals surface area contributed by atoms with E-state index >= 15 is 0 Å². The molecule has 2 atom stereocenters. The first-order chi connectivity index (χ1) is 16.3. The molecular formula is C32H35N2+. The Hall–Kier alpha value is -3.13. The average Bonchev–Trinajstić information content (AvgIpc) is 3.23. The highest BCUT2D eigenvalue weighted by molar-refractivity contribution is 6.13. The van der Waals surface area contributed by atoms with Crippen LogP contribution in [0.15, 0.2) is 60.8 Å². The summed E-state index contributed by atoms with van der Waals surface area (Å²) in [6.45, 7) is 16.4. The summed E-state index contributed by atoms with van der Waals surface area (Å²) in [6, 6.07) is 20.7. The highest BCUT2D eigenvalue weighted by Gasteiger charge is 2.54. The summed E-state index contributed by atoms with van der Waals surface area (Å²) in [4.78, 5) is 0. The van der Waals surface area contributed by atoms with E-state index < -0.39 is 0 Å². The van der Waals surface area contributed by atoms with E-state index in [0.29, 0.717) is 0 Å². The minimum absolute atomic E-state index is 0.0263. The number of hydrogen-bond donors (Lipinski definition) is 0. The van der Waals surface area contributed by atoms with E-state index in [4.69, 9.17) is 0 Å². The Morgan fingerprint density at radius 1 is 0.824 bits per heavy atom. The van der Waals surface area contributed by atoms with Crippen LogP contribution >= 0.6 is 0 Å². The van der Waals surface area contributed by atoms with E-state index in [1.165, 1.54) is 60.8 Å². The molecule has 0 saturated carbocycles. The van der Waals surface area contributed by atoms with E-state index in [-0.39, 0.29) is 11.0 Å². The molecule has 2 nitrogen and oxygen atoms in total. The summed E-state index contributed by atoms with van der Waals surface area (Å²) in [5.74, 6) is 0. The maximum absolute atomic E-state index is 2.65. The fraction of sp³-hybridized carbons (Fsp3) is 0.344. The summed E-state index contributed by atoms with van der Waals surface area (Å²) in [5, 5.41) is 4.15. The normalized spacial score (nSPS) is 21.9. The molecule has 3 aromatic carbocycles. The Morgan fingerprint density at radius 3 is 2.21 bits per heavy atom. The van der Waals surface area contributed by atoms with Gasteiger partial charge in [-0.05, 0) is 69.4 Å². The Labute approximate surface area is 202 Å². The van der Waals surface area contributed by atoms with Crippen molar-refractivity contribution in [3.63, 3.8) is 0 Å². The van der Waals surface area contributed by atoms with Gasteiger partial charge in [-0.2, -0.15) is 4.40 Å². The molecule has 1 aliphatic rings. The molecule has 34 heavy (non-hydrogen) atoms. The summed E-state index contributed by atoms with van der Waals surface area (Å²) in [5.41, 5.74) is 10.8. The number of fused-ring (bicyclic) bond motifs is 3. The zero-order valence-electron chi connectivity index (χ0n) is 21.6. The number of imidazole rings is 1. The minimum Gasteiger partial charge on any atom is -0.223 e. The third kappa shape index (κ3) is 2.39. The second-order valence-electron chi connectivity index (χ2n) is 10.9. The van der Waals surface area contributed by atoms with Crippen LogP contribution in [0.25, 0.3) is 38.6 Å². The van der Waals surface area contributed by atoms with Crippen LogP contribution in [0, 0.1) is 20.8 Å². The Bertz CT molecular complexity index is 1620. The number of nitrogens with zero attached hydrogens (tertiary/aromatic N) is 2. The molecule has 0 N–H and O–H groups in total. The molecule has 1 aliphatic heterocycles. The van der Waals surface area contributed by atoms with E-state index in [0.717, 1.165) is 12.8 Å². The van der Waals surface area contributed by atoms with Crippen molar-refractivity contribution in [2.24, 2.45) is 0 Å². The van der Waals surface area contributed by atoms with Crippen molar-refractivity contribution in [1.82, 2.24) is 4.40 Å². The Balaban J connectivity index is 1.97. The molecule has 2 unspecified atom stereocenters. The van der Waals surface area contributed by atoms with Crippen LogP contribution in [0.3, 0.4) is 0 Å². The summed E-state index contributed by atoms with van der Waals surface area (Å²) in [7, 11) is 0. The molecule has 0 aliphatic carbocycles. The lowest BCUT2D eigenvalue weighted by atomic mass is 9.62. The van der Waals surface area contributed by atoms with Gasteiger partial charge in [0, 0.05) is 21.8 Å². The molecule has 0 spiro atoms. The van der Waals surface area contributed by atoms with Crippen LogP contribution in [-0.4, -0.2) is 4.40 Å².